The quantitative estimate of drug-likeness (QED) is 0.595. The number of amides is 1. The Labute approximate surface area is 146 Å². The maximum Gasteiger partial charge on any atom is 0.277 e. The molecule has 1 N–H and O–H groups in total. The number of thiazole rings is 2. The van der Waals surface area contributed by atoms with E-state index in [4.69, 9.17) is 0 Å². The van der Waals surface area contributed by atoms with Gasteiger partial charge in [0.05, 0.1) is 19.9 Å². The van der Waals surface area contributed by atoms with E-state index in [0.717, 1.165) is 25.4 Å². The first-order valence-electron chi connectivity index (χ1n) is 7.54. The van der Waals surface area contributed by atoms with Crippen LogP contribution in [0.5, 0.6) is 0 Å². The fraction of sp³-hybridized carbons (Fsp3) is 0.250. The van der Waals surface area contributed by atoms with Crippen molar-refractivity contribution in [3.63, 3.8) is 0 Å². The molecule has 0 saturated carbocycles. The highest BCUT2D eigenvalue weighted by Crippen LogP contribution is 2.34. The molecule has 3 heterocycles. The van der Waals surface area contributed by atoms with E-state index < -0.39 is 0 Å². The molecule has 1 aromatic carbocycles. The van der Waals surface area contributed by atoms with E-state index in [1.54, 1.807) is 28.3 Å². The average molecular weight is 357 g/mol. The van der Waals surface area contributed by atoms with Gasteiger partial charge in [0.1, 0.15) is 5.52 Å². The molecule has 1 amide bonds. The van der Waals surface area contributed by atoms with Crippen molar-refractivity contribution in [3.05, 3.63) is 35.1 Å². The van der Waals surface area contributed by atoms with Gasteiger partial charge in [-0.1, -0.05) is 11.3 Å². The van der Waals surface area contributed by atoms with Crippen LogP contribution >= 0.6 is 22.7 Å². The minimum absolute atomic E-state index is 0.218. The first kappa shape index (κ1) is 15.2. The van der Waals surface area contributed by atoms with E-state index in [-0.39, 0.29) is 11.9 Å². The summed E-state index contributed by atoms with van der Waals surface area (Å²) in [4.78, 5) is 21.4. The summed E-state index contributed by atoms with van der Waals surface area (Å²) < 4.78 is 3.89. The third kappa shape index (κ3) is 2.57. The van der Waals surface area contributed by atoms with Crippen LogP contribution in [0.1, 0.15) is 35.4 Å². The van der Waals surface area contributed by atoms with Gasteiger partial charge >= 0.3 is 0 Å². The van der Waals surface area contributed by atoms with Gasteiger partial charge in [0.2, 0.25) is 0 Å². The van der Waals surface area contributed by atoms with Crippen molar-refractivity contribution in [2.75, 3.05) is 5.32 Å². The Kier molecular flexibility index (Phi) is 3.58. The number of rotatable bonds is 3. The van der Waals surface area contributed by atoms with Gasteiger partial charge in [0.25, 0.3) is 5.91 Å². The fourth-order valence-electron chi connectivity index (χ4n) is 2.45. The minimum Gasteiger partial charge on any atom is -0.296 e. The highest BCUT2D eigenvalue weighted by Gasteiger charge is 2.15. The van der Waals surface area contributed by atoms with Crippen LogP contribution in [-0.4, -0.2) is 25.7 Å². The molecular weight excluding hydrogens is 342 g/mol. The number of anilines is 1. The molecule has 8 heteroatoms. The largest absolute Gasteiger partial charge is 0.296 e. The zero-order valence-corrected chi connectivity index (χ0v) is 15.0. The normalized spacial score (nSPS) is 11.7. The van der Waals surface area contributed by atoms with Crippen molar-refractivity contribution in [2.24, 2.45) is 0 Å². The van der Waals surface area contributed by atoms with Crippen LogP contribution in [0.2, 0.25) is 0 Å². The molecule has 0 aliphatic rings. The Morgan fingerprint density at radius 1 is 1.21 bits per heavy atom. The summed E-state index contributed by atoms with van der Waals surface area (Å²) in [7, 11) is 0. The monoisotopic (exact) mass is 357 g/mol. The third-order valence-electron chi connectivity index (χ3n) is 3.61. The van der Waals surface area contributed by atoms with Crippen LogP contribution in [-0.2, 0) is 0 Å². The van der Waals surface area contributed by atoms with E-state index in [1.807, 2.05) is 32.9 Å². The second kappa shape index (κ2) is 5.64. The van der Waals surface area contributed by atoms with E-state index in [0.29, 0.717) is 10.8 Å². The molecule has 4 rings (SSSR count). The van der Waals surface area contributed by atoms with Crippen molar-refractivity contribution in [2.45, 2.75) is 26.8 Å². The lowest BCUT2D eigenvalue weighted by molar-refractivity contribution is 0.102. The van der Waals surface area contributed by atoms with Crippen LogP contribution in [0.4, 0.5) is 5.13 Å². The molecule has 0 spiro atoms. The first-order valence-corrected chi connectivity index (χ1v) is 9.18. The summed E-state index contributed by atoms with van der Waals surface area (Å²) in [6.45, 7) is 6.03. The molecule has 0 radical (unpaired) electrons. The minimum atomic E-state index is -0.251. The lowest BCUT2D eigenvalue weighted by atomic mass is 10.3. The molecule has 122 valence electrons. The standard InChI is InChI=1S/C16H15N5OS2/c1-8(2)21-7-6-11(20-21)15(22)19-16-18-10-4-5-12-13(14(10)24-16)17-9(3)23-12/h4-8H,1-3H3,(H,18,19,22). The van der Waals surface area contributed by atoms with Crippen LogP contribution in [0, 0.1) is 6.92 Å². The molecule has 0 unspecified atom stereocenters. The second-order valence-corrected chi connectivity index (χ2v) is 7.98. The first-order chi connectivity index (χ1) is 11.5. The van der Waals surface area contributed by atoms with E-state index in [1.165, 1.54) is 11.3 Å². The van der Waals surface area contributed by atoms with Crippen molar-refractivity contribution >= 4 is 54.1 Å². The molecule has 4 aromatic rings. The average Bonchev–Trinajstić information content (AvgIpc) is 3.22. The number of hydrogen-bond donors (Lipinski definition) is 1. The Hall–Kier alpha value is -2.32. The van der Waals surface area contributed by atoms with Crippen molar-refractivity contribution in [3.8, 4) is 0 Å². The lowest BCUT2D eigenvalue weighted by Gasteiger charge is -2.03. The van der Waals surface area contributed by atoms with Crippen LogP contribution in [0.3, 0.4) is 0 Å². The summed E-state index contributed by atoms with van der Waals surface area (Å²) in [5.74, 6) is -0.251. The van der Waals surface area contributed by atoms with Crippen molar-refractivity contribution < 1.29 is 4.79 Å². The molecular formula is C16H15N5OS2. The summed E-state index contributed by atoms with van der Waals surface area (Å²) in [5.41, 5.74) is 2.19. The highest BCUT2D eigenvalue weighted by molar-refractivity contribution is 7.24. The smallest absolute Gasteiger partial charge is 0.277 e. The maximum atomic E-state index is 12.4. The molecule has 3 aromatic heterocycles. The Balaban J connectivity index is 1.66. The number of benzene rings is 1. The number of hydrogen-bond acceptors (Lipinski definition) is 6. The topological polar surface area (TPSA) is 72.7 Å². The number of nitrogens with zero attached hydrogens (tertiary/aromatic N) is 4. The van der Waals surface area contributed by atoms with Crippen molar-refractivity contribution in [1.82, 2.24) is 19.7 Å². The van der Waals surface area contributed by atoms with Gasteiger partial charge in [-0.05, 0) is 39.0 Å². The van der Waals surface area contributed by atoms with E-state index in [2.05, 4.69) is 20.4 Å². The Bertz CT molecular complexity index is 1060. The number of carbonyl (C=O) groups excluding carboxylic acids is 1. The molecule has 0 aliphatic carbocycles. The zero-order valence-electron chi connectivity index (χ0n) is 13.4. The van der Waals surface area contributed by atoms with Crippen LogP contribution in [0.25, 0.3) is 20.4 Å². The Morgan fingerprint density at radius 2 is 2.04 bits per heavy atom. The van der Waals surface area contributed by atoms with Gasteiger partial charge in [0.15, 0.2) is 10.8 Å². The molecule has 6 nitrogen and oxygen atoms in total. The summed E-state index contributed by atoms with van der Waals surface area (Å²) in [6.07, 6.45) is 1.81. The molecule has 0 fully saturated rings. The second-order valence-electron chi connectivity index (χ2n) is 5.74. The number of carbonyl (C=O) groups is 1. The molecule has 0 aliphatic heterocycles. The van der Waals surface area contributed by atoms with Crippen molar-refractivity contribution in [1.29, 1.82) is 0 Å². The molecule has 24 heavy (non-hydrogen) atoms. The molecule has 0 saturated heterocycles. The summed E-state index contributed by atoms with van der Waals surface area (Å²) in [5, 5.41) is 8.71. The zero-order chi connectivity index (χ0) is 16.8. The van der Waals surface area contributed by atoms with Crippen LogP contribution in [0.15, 0.2) is 24.4 Å². The Morgan fingerprint density at radius 3 is 2.79 bits per heavy atom. The fourth-order valence-corrected chi connectivity index (χ4v) is 4.30. The predicted molar refractivity (Wildman–Crippen MR) is 98.1 cm³/mol. The van der Waals surface area contributed by atoms with Gasteiger partial charge in [-0.2, -0.15) is 5.10 Å². The number of aryl methyl sites for hydroxylation is 1. The van der Waals surface area contributed by atoms with Gasteiger partial charge in [-0.25, -0.2) is 9.97 Å². The number of nitrogens with one attached hydrogen (secondary N) is 1. The number of fused-ring (bicyclic) bond motifs is 3. The van der Waals surface area contributed by atoms with Gasteiger partial charge < -0.3 is 0 Å². The maximum absolute atomic E-state index is 12.4. The molecule has 0 atom stereocenters. The molecule has 0 bridgehead atoms. The van der Waals surface area contributed by atoms with Gasteiger partial charge in [0, 0.05) is 12.2 Å². The number of aromatic nitrogens is 4. The third-order valence-corrected chi connectivity index (χ3v) is 5.54. The SMILES string of the molecule is Cc1nc2c(ccc3nc(NC(=O)c4ccn(C(C)C)n4)sc32)s1. The summed E-state index contributed by atoms with van der Waals surface area (Å²) in [6, 6.07) is 5.92. The summed E-state index contributed by atoms with van der Waals surface area (Å²) >= 11 is 3.10. The van der Waals surface area contributed by atoms with Crippen LogP contribution < -0.4 is 5.32 Å². The highest BCUT2D eigenvalue weighted by atomic mass is 32.1. The van der Waals surface area contributed by atoms with Gasteiger partial charge in [-0.15, -0.1) is 11.3 Å². The predicted octanol–water partition coefficient (Wildman–Crippen LogP) is 4.24. The van der Waals surface area contributed by atoms with E-state index >= 15 is 0 Å². The lowest BCUT2D eigenvalue weighted by Crippen LogP contribution is -2.13. The van der Waals surface area contributed by atoms with E-state index in [9.17, 15) is 4.79 Å². The van der Waals surface area contributed by atoms with Gasteiger partial charge in [-0.3, -0.25) is 14.8 Å².